The summed E-state index contributed by atoms with van der Waals surface area (Å²) in [6, 6.07) is 8.93. The molecule has 0 bridgehead atoms. The average Bonchev–Trinajstić information content (AvgIpc) is 3.05. The first-order valence-electron chi connectivity index (χ1n) is 8.19. The predicted octanol–water partition coefficient (Wildman–Crippen LogP) is 3.08. The number of ether oxygens (including phenoxy) is 1. The number of rotatable bonds is 5. The highest BCUT2D eigenvalue weighted by molar-refractivity contribution is 6.31. The van der Waals surface area contributed by atoms with Crippen molar-refractivity contribution in [2.75, 3.05) is 50.6 Å². The van der Waals surface area contributed by atoms with Crippen LogP contribution in [0.1, 0.15) is 16.3 Å². The molecule has 1 aromatic carbocycles. The molecule has 1 aliphatic heterocycles. The lowest BCUT2D eigenvalue weighted by Gasteiger charge is -2.35. The Morgan fingerprint density at radius 1 is 1.24 bits per heavy atom. The van der Waals surface area contributed by atoms with Crippen LogP contribution >= 0.6 is 11.6 Å². The third kappa shape index (κ3) is 4.34. The lowest BCUT2D eigenvalue weighted by Crippen LogP contribution is -2.44. The summed E-state index contributed by atoms with van der Waals surface area (Å²) in [6.45, 7) is 4.10. The number of likely N-dealkylation sites (N-methyl/N-ethyl adjacent to an activating group) is 1. The molecule has 7 heteroatoms. The Labute approximate surface area is 152 Å². The number of piperazine rings is 1. The van der Waals surface area contributed by atoms with Crippen LogP contribution < -0.4 is 10.2 Å². The average molecular weight is 364 g/mol. The Balaban J connectivity index is 1.78. The molecule has 1 fully saturated rings. The summed E-state index contributed by atoms with van der Waals surface area (Å²) in [6.07, 6.45) is 0. The van der Waals surface area contributed by atoms with E-state index in [9.17, 15) is 4.79 Å². The lowest BCUT2D eigenvalue weighted by atomic mass is 10.2. The molecule has 1 aromatic heterocycles. The van der Waals surface area contributed by atoms with Crippen LogP contribution in [0, 0.1) is 0 Å². The van der Waals surface area contributed by atoms with Gasteiger partial charge in [0.1, 0.15) is 12.4 Å². The quantitative estimate of drug-likeness (QED) is 0.884. The molecule has 0 spiro atoms. The molecule has 1 N–H and O–H groups in total. The minimum Gasteiger partial charge on any atom is -0.453 e. The van der Waals surface area contributed by atoms with E-state index >= 15 is 0 Å². The number of nitrogens with one attached hydrogen (secondary N) is 1. The van der Waals surface area contributed by atoms with Crippen LogP contribution in [-0.2, 0) is 11.3 Å². The van der Waals surface area contributed by atoms with Crippen LogP contribution in [0.5, 0.6) is 0 Å². The maximum Gasteiger partial charge on any atom is 0.291 e. The number of halogens is 1. The predicted molar refractivity (Wildman–Crippen MR) is 98.5 cm³/mol. The number of carbonyl (C=O) groups excluding carboxylic acids is 1. The molecule has 2 heterocycles. The van der Waals surface area contributed by atoms with Gasteiger partial charge in [-0.3, -0.25) is 4.79 Å². The summed E-state index contributed by atoms with van der Waals surface area (Å²) in [4.78, 5) is 17.1. The van der Waals surface area contributed by atoms with Crippen molar-refractivity contribution in [1.29, 1.82) is 0 Å². The summed E-state index contributed by atoms with van der Waals surface area (Å²) < 4.78 is 10.5. The second-order valence-corrected chi connectivity index (χ2v) is 6.54. The van der Waals surface area contributed by atoms with Crippen molar-refractivity contribution in [1.82, 2.24) is 4.90 Å². The van der Waals surface area contributed by atoms with Crippen molar-refractivity contribution in [3.63, 3.8) is 0 Å². The van der Waals surface area contributed by atoms with Crippen molar-refractivity contribution in [3.8, 4) is 0 Å². The Bertz CT molecular complexity index is 739. The molecule has 0 saturated carbocycles. The normalized spacial score (nSPS) is 15.4. The summed E-state index contributed by atoms with van der Waals surface area (Å²) >= 11 is 6.14. The molecule has 0 radical (unpaired) electrons. The Morgan fingerprint density at radius 3 is 2.72 bits per heavy atom. The minimum atomic E-state index is -0.306. The summed E-state index contributed by atoms with van der Waals surface area (Å²) in [5, 5.41) is 3.49. The van der Waals surface area contributed by atoms with Crippen molar-refractivity contribution in [2.24, 2.45) is 0 Å². The van der Waals surface area contributed by atoms with E-state index in [0.717, 1.165) is 31.9 Å². The van der Waals surface area contributed by atoms with Gasteiger partial charge in [0.25, 0.3) is 5.91 Å². The van der Waals surface area contributed by atoms with E-state index in [4.69, 9.17) is 20.8 Å². The van der Waals surface area contributed by atoms with Gasteiger partial charge >= 0.3 is 0 Å². The number of anilines is 2. The number of hydrogen-bond donors (Lipinski definition) is 1. The molecule has 0 atom stereocenters. The van der Waals surface area contributed by atoms with E-state index in [1.807, 2.05) is 12.1 Å². The van der Waals surface area contributed by atoms with Gasteiger partial charge in [0.15, 0.2) is 5.76 Å². The van der Waals surface area contributed by atoms with Crippen LogP contribution in [0.15, 0.2) is 34.7 Å². The van der Waals surface area contributed by atoms with E-state index in [2.05, 4.69) is 22.2 Å². The number of nitrogens with zero attached hydrogens (tertiary/aromatic N) is 2. The van der Waals surface area contributed by atoms with Crippen molar-refractivity contribution in [2.45, 2.75) is 6.61 Å². The molecule has 1 amide bonds. The molecule has 0 aliphatic carbocycles. The highest BCUT2D eigenvalue weighted by atomic mass is 35.5. The fourth-order valence-electron chi connectivity index (χ4n) is 2.84. The molecule has 2 aromatic rings. The van der Waals surface area contributed by atoms with Crippen molar-refractivity contribution < 1.29 is 13.9 Å². The molecule has 3 rings (SSSR count). The molecule has 6 nitrogen and oxygen atoms in total. The zero-order chi connectivity index (χ0) is 17.8. The van der Waals surface area contributed by atoms with E-state index in [1.54, 1.807) is 25.3 Å². The van der Waals surface area contributed by atoms with E-state index in [-0.39, 0.29) is 11.7 Å². The number of hydrogen-bond acceptors (Lipinski definition) is 5. The third-order valence-electron chi connectivity index (χ3n) is 4.22. The van der Waals surface area contributed by atoms with Gasteiger partial charge in [0.2, 0.25) is 0 Å². The van der Waals surface area contributed by atoms with Gasteiger partial charge in [-0.05, 0) is 37.4 Å². The van der Waals surface area contributed by atoms with Gasteiger partial charge in [-0.1, -0.05) is 11.6 Å². The molecular formula is C18H22ClN3O3. The van der Waals surface area contributed by atoms with Gasteiger partial charge in [-0.15, -0.1) is 0 Å². The van der Waals surface area contributed by atoms with Crippen LogP contribution in [0.2, 0.25) is 5.02 Å². The van der Waals surface area contributed by atoms with Crippen LogP contribution in [-0.4, -0.2) is 51.1 Å². The smallest absolute Gasteiger partial charge is 0.291 e. The zero-order valence-electron chi connectivity index (χ0n) is 14.4. The van der Waals surface area contributed by atoms with Gasteiger partial charge < -0.3 is 24.3 Å². The van der Waals surface area contributed by atoms with E-state index in [1.165, 1.54) is 0 Å². The molecular weight excluding hydrogens is 342 g/mol. The zero-order valence-corrected chi connectivity index (χ0v) is 15.2. The van der Waals surface area contributed by atoms with Crippen LogP contribution in [0.25, 0.3) is 0 Å². The number of furan rings is 1. The summed E-state index contributed by atoms with van der Waals surface area (Å²) in [5.41, 5.74) is 1.65. The Morgan fingerprint density at radius 2 is 2.00 bits per heavy atom. The second-order valence-electron chi connectivity index (χ2n) is 6.10. The topological polar surface area (TPSA) is 58.0 Å². The van der Waals surface area contributed by atoms with Gasteiger partial charge in [0, 0.05) is 38.3 Å². The first kappa shape index (κ1) is 17.8. The maximum absolute atomic E-state index is 12.5. The minimum absolute atomic E-state index is 0.247. The number of methoxy groups -OCH3 is 1. The summed E-state index contributed by atoms with van der Waals surface area (Å²) in [7, 11) is 3.69. The number of amides is 1. The first-order chi connectivity index (χ1) is 12.1. The monoisotopic (exact) mass is 363 g/mol. The highest BCUT2D eigenvalue weighted by Crippen LogP contribution is 2.30. The molecule has 1 saturated heterocycles. The molecule has 1 aliphatic rings. The summed E-state index contributed by atoms with van der Waals surface area (Å²) in [5.74, 6) is 0.550. The maximum atomic E-state index is 12.5. The van der Waals surface area contributed by atoms with Crippen LogP contribution in [0.3, 0.4) is 0 Å². The Kier molecular flexibility index (Phi) is 5.63. The van der Waals surface area contributed by atoms with E-state index < -0.39 is 0 Å². The van der Waals surface area contributed by atoms with Crippen molar-refractivity contribution in [3.05, 3.63) is 46.9 Å². The van der Waals surface area contributed by atoms with E-state index in [0.29, 0.717) is 23.1 Å². The first-order valence-corrected chi connectivity index (χ1v) is 8.56. The molecule has 25 heavy (non-hydrogen) atoms. The lowest BCUT2D eigenvalue weighted by molar-refractivity contribution is 0.0987. The largest absolute Gasteiger partial charge is 0.453 e. The standard InChI is InChI=1S/C18H22ClN3O3/c1-21-7-9-22(10-8-21)16-5-3-13(19)11-15(16)20-18(23)17-6-4-14(25-17)12-24-2/h3-6,11H,7-10,12H2,1-2H3,(H,20,23). The molecule has 0 unspecified atom stereocenters. The fourth-order valence-corrected chi connectivity index (χ4v) is 3.01. The van der Waals surface area contributed by atoms with Crippen molar-refractivity contribution >= 4 is 28.9 Å². The third-order valence-corrected chi connectivity index (χ3v) is 4.46. The number of carbonyl (C=O) groups is 1. The van der Waals surface area contributed by atoms with Crippen LogP contribution in [0.4, 0.5) is 11.4 Å². The van der Waals surface area contributed by atoms with Gasteiger partial charge in [-0.25, -0.2) is 0 Å². The van der Waals surface area contributed by atoms with Gasteiger partial charge in [0.05, 0.1) is 11.4 Å². The van der Waals surface area contributed by atoms with Gasteiger partial charge in [-0.2, -0.15) is 0 Å². The fraction of sp³-hybridized carbons (Fsp3) is 0.389. The number of benzene rings is 1. The second kappa shape index (κ2) is 7.91. The SMILES string of the molecule is COCc1ccc(C(=O)Nc2cc(Cl)ccc2N2CCN(C)CC2)o1. The molecule has 134 valence electrons. The highest BCUT2D eigenvalue weighted by Gasteiger charge is 2.19. The Hall–Kier alpha value is -2.02.